The number of benzene rings is 1. The van der Waals surface area contributed by atoms with Crippen LogP contribution in [0.25, 0.3) is 0 Å². The van der Waals surface area contributed by atoms with Gasteiger partial charge in [0, 0.05) is 11.7 Å². The van der Waals surface area contributed by atoms with Crippen LogP contribution in [0.15, 0.2) is 29.4 Å². The molecule has 2 heterocycles. The van der Waals surface area contributed by atoms with Crippen LogP contribution >= 0.6 is 11.8 Å². The number of nitrogens with one attached hydrogen (secondary N) is 1. The average molecular weight is 303 g/mol. The SMILES string of the molecule is C[C@@H](Sc1n[nH]c(N)n1)C(=O)N1c2ccccc2C[C@@H]1C. The molecule has 2 aromatic rings. The summed E-state index contributed by atoms with van der Waals surface area (Å²) in [5, 5.41) is 6.76. The van der Waals surface area contributed by atoms with Crippen LogP contribution in [0.3, 0.4) is 0 Å². The van der Waals surface area contributed by atoms with Gasteiger partial charge in [0.25, 0.3) is 0 Å². The lowest BCUT2D eigenvalue weighted by Gasteiger charge is -2.25. The molecule has 0 unspecified atom stereocenters. The quantitative estimate of drug-likeness (QED) is 0.845. The lowest BCUT2D eigenvalue weighted by atomic mass is 10.1. The number of amides is 1. The van der Waals surface area contributed by atoms with E-state index in [4.69, 9.17) is 5.73 Å². The molecule has 0 radical (unpaired) electrons. The van der Waals surface area contributed by atoms with E-state index in [9.17, 15) is 4.79 Å². The minimum absolute atomic E-state index is 0.0702. The molecule has 1 aliphatic rings. The molecule has 0 fully saturated rings. The summed E-state index contributed by atoms with van der Waals surface area (Å²) in [4.78, 5) is 18.6. The van der Waals surface area contributed by atoms with Gasteiger partial charge < -0.3 is 10.6 Å². The van der Waals surface area contributed by atoms with Crippen molar-refractivity contribution in [3.63, 3.8) is 0 Å². The number of carbonyl (C=O) groups is 1. The fourth-order valence-electron chi connectivity index (χ4n) is 2.62. The number of H-pyrrole nitrogens is 1. The number of para-hydroxylation sites is 1. The number of rotatable bonds is 3. The van der Waals surface area contributed by atoms with E-state index in [0.717, 1.165) is 12.1 Å². The molecule has 0 spiro atoms. The maximum absolute atomic E-state index is 12.7. The van der Waals surface area contributed by atoms with Gasteiger partial charge in [-0.25, -0.2) is 5.10 Å². The molecule has 3 N–H and O–H groups in total. The van der Waals surface area contributed by atoms with E-state index in [1.54, 1.807) is 0 Å². The topological polar surface area (TPSA) is 87.9 Å². The Labute approximate surface area is 127 Å². The van der Waals surface area contributed by atoms with E-state index >= 15 is 0 Å². The normalized spacial score (nSPS) is 18.6. The number of hydrogen-bond donors (Lipinski definition) is 2. The van der Waals surface area contributed by atoms with Crippen molar-refractivity contribution in [3.8, 4) is 0 Å². The van der Waals surface area contributed by atoms with Gasteiger partial charge in [-0.2, -0.15) is 4.98 Å². The average Bonchev–Trinajstić information content (AvgIpc) is 3.00. The lowest BCUT2D eigenvalue weighted by Crippen LogP contribution is -2.40. The van der Waals surface area contributed by atoms with Crippen molar-refractivity contribution in [2.45, 2.75) is 36.7 Å². The first kappa shape index (κ1) is 13.9. The number of nitrogens with two attached hydrogens (primary N) is 1. The second-order valence-corrected chi connectivity index (χ2v) is 6.46. The lowest BCUT2D eigenvalue weighted by molar-refractivity contribution is -0.118. The Bertz CT molecular complexity index is 671. The molecule has 110 valence electrons. The molecule has 6 nitrogen and oxygen atoms in total. The number of thioether (sulfide) groups is 1. The number of nitrogen functional groups attached to an aromatic ring is 1. The standard InChI is InChI=1S/C14H17N5OS/c1-8-7-10-5-3-4-6-11(10)19(8)12(20)9(2)21-14-16-13(15)17-18-14/h3-6,8-9H,7H2,1-2H3,(H3,15,16,17,18)/t8-,9+/m0/s1. The summed E-state index contributed by atoms with van der Waals surface area (Å²) in [5.74, 6) is 0.331. The molecule has 3 rings (SSSR count). The van der Waals surface area contributed by atoms with E-state index in [1.165, 1.54) is 17.3 Å². The minimum atomic E-state index is -0.270. The molecule has 1 aliphatic heterocycles. The maximum Gasteiger partial charge on any atom is 0.240 e. The van der Waals surface area contributed by atoms with Crippen molar-refractivity contribution < 1.29 is 4.79 Å². The summed E-state index contributed by atoms with van der Waals surface area (Å²) in [6.45, 7) is 3.94. The third-order valence-corrected chi connectivity index (χ3v) is 4.51. The molecular weight excluding hydrogens is 286 g/mol. The summed E-state index contributed by atoms with van der Waals surface area (Å²) in [5.41, 5.74) is 7.73. The first-order valence-corrected chi connectivity index (χ1v) is 7.69. The van der Waals surface area contributed by atoms with E-state index in [1.807, 2.05) is 30.0 Å². The predicted octanol–water partition coefficient (Wildman–Crippen LogP) is 1.85. The highest BCUT2D eigenvalue weighted by Gasteiger charge is 2.33. The number of hydrogen-bond acceptors (Lipinski definition) is 5. The summed E-state index contributed by atoms with van der Waals surface area (Å²) in [7, 11) is 0. The molecular formula is C14H17N5OS. The van der Waals surface area contributed by atoms with Gasteiger partial charge in [-0.3, -0.25) is 4.79 Å². The van der Waals surface area contributed by atoms with Crippen LogP contribution < -0.4 is 10.6 Å². The van der Waals surface area contributed by atoms with Gasteiger partial charge in [0.2, 0.25) is 17.0 Å². The Morgan fingerprint density at radius 2 is 2.29 bits per heavy atom. The fourth-order valence-corrected chi connectivity index (χ4v) is 3.40. The summed E-state index contributed by atoms with van der Waals surface area (Å²) in [6, 6.07) is 8.22. The van der Waals surface area contributed by atoms with Crippen molar-refractivity contribution in [2.75, 3.05) is 10.6 Å². The first-order chi connectivity index (χ1) is 10.1. The molecule has 0 aliphatic carbocycles. The maximum atomic E-state index is 12.7. The Kier molecular flexibility index (Phi) is 3.59. The number of carbonyl (C=O) groups excluding carboxylic acids is 1. The zero-order chi connectivity index (χ0) is 15.0. The number of nitrogens with zero attached hydrogens (tertiary/aromatic N) is 3. The highest BCUT2D eigenvalue weighted by Crippen LogP contribution is 2.34. The zero-order valence-electron chi connectivity index (χ0n) is 11.9. The molecule has 2 atom stereocenters. The number of aromatic amines is 1. The van der Waals surface area contributed by atoms with Crippen molar-refractivity contribution in [1.82, 2.24) is 15.2 Å². The van der Waals surface area contributed by atoms with Crippen LogP contribution in [-0.4, -0.2) is 32.4 Å². The van der Waals surface area contributed by atoms with Crippen molar-refractivity contribution in [3.05, 3.63) is 29.8 Å². The number of anilines is 2. The van der Waals surface area contributed by atoms with Crippen molar-refractivity contribution in [2.24, 2.45) is 0 Å². The first-order valence-electron chi connectivity index (χ1n) is 6.81. The predicted molar refractivity (Wildman–Crippen MR) is 83.2 cm³/mol. The van der Waals surface area contributed by atoms with Crippen LogP contribution in [0.1, 0.15) is 19.4 Å². The van der Waals surface area contributed by atoms with Crippen molar-refractivity contribution >= 4 is 29.3 Å². The second-order valence-electron chi connectivity index (χ2n) is 5.15. The Balaban J connectivity index is 1.78. The van der Waals surface area contributed by atoms with E-state index in [0.29, 0.717) is 5.16 Å². The van der Waals surface area contributed by atoms with Crippen LogP contribution in [0, 0.1) is 0 Å². The zero-order valence-corrected chi connectivity index (χ0v) is 12.7. The van der Waals surface area contributed by atoms with E-state index in [-0.39, 0.29) is 23.1 Å². The molecule has 7 heteroatoms. The Hall–Kier alpha value is -2.02. The van der Waals surface area contributed by atoms with Gasteiger partial charge in [-0.05, 0) is 31.9 Å². The van der Waals surface area contributed by atoms with E-state index in [2.05, 4.69) is 28.2 Å². The minimum Gasteiger partial charge on any atom is -0.368 e. The van der Waals surface area contributed by atoms with Gasteiger partial charge in [-0.1, -0.05) is 30.0 Å². The highest BCUT2D eigenvalue weighted by atomic mass is 32.2. The molecule has 0 bridgehead atoms. The third-order valence-electron chi connectivity index (χ3n) is 3.56. The van der Waals surface area contributed by atoms with Gasteiger partial charge >= 0.3 is 0 Å². The van der Waals surface area contributed by atoms with Crippen LogP contribution in [0.2, 0.25) is 0 Å². The van der Waals surface area contributed by atoms with E-state index < -0.39 is 0 Å². The molecule has 0 saturated heterocycles. The molecule has 21 heavy (non-hydrogen) atoms. The van der Waals surface area contributed by atoms with Crippen LogP contribution in [0.5, 0.6) is 0 Å². The summed E-state index contributed by atoms with van der Waals surface area (Å²) >= 11 is 1.31. The third kappa shape index (κ3) is 2.61. The van der Waals surface area contributed by atoms with Crippen LogP contribution in [-0.2, 0) is 11.2 Å². The van der Waals surface area contributed by atoms with Gasteiger partial charge in [0.05, 0.1) is 5.25 Å². The van der Waals surface area contributed by atoms with Crippen molar-refractivity contribution in [1.29, 1.82) is 0 Å². The molecule has 0 saturated carbocycles. The smallest absolute Gasteiger partial charge is 0.240 e. The Morgan fingerprint density at radius 1 is 1.52 bits per heavy atom. The molecule has 1 aromatic carbocycles. The monoisotopic (exact) mass is 303 g/mol. The van der Waals surface area contributed by atoms with Crippen LogP contribution in [0.4, 0.5) is 11.6 Å². The summed E-state index contributed by atoms with van der Waals surface area (Å²) in [6.07, 6.45) is 0.896. The Morgan fingerprint density at radius 3 is 3.00 bits per heavy atom. The number of aromatic nitrogens is 3. The highest BCUT2D eigenvalue weighted by molar-refractivity contribution is 8.00. The fraction of sp³-hybridized carbons (Fsp3) is 0.357. The van der Waals surface area contributed by atoms with Gasteiger partial charge in [-0.15, -0.1) is 5.10 Å². The largest absolute Gasteiger partial charge is 0.368 e. The second kappa shape index (κ2) is 5.40. The van der Waals surface area contributed by atoms with Gasteiger partial charge in [0.15, 0.2) is 0 Å². The molecule has 1 amide bonds. The number of fused-ring (bicyclic) bond motifs is 1. The summed E-state index contributed by atoms with van der Waals surface area (Å²) < 4.78 is 0. The van der Waals surface area contributed by atoms with Gasteiger partial charge in [0.1, 0.15) is 0 Å². The molecule has 1 aromatic heterocycles.